The summed E-state index contributed by atoms with van der Waals surface area (Å²) in [6, 6.07) is 71.1. The highest BCUT2D eigenvalue weighted by Crippen LogP contribution is 2.56. The Balaban J connectivity index is 1.10. The van der Waals surface area contributed by atoms with Gasteiger partial charge in [-0.3, -0.25) is 0 Å². The molecule has 264 valence electrons. The molecule has 0 fully saturated rings. The number of hydrogen-bond donors (Lipinski definition) is 0. The van der Waals surface area contributed by atoms with Crippen LogP contribution in [0.2, 0.25) is 0 Å². The van der Waals surface area contributed by atoms with Gasteiger partial charge >= 0.3 is 0 Å². The summed E-state index contributed by atoms with van der Waals surface area (Å²) in [7, 11) is 0. The molecule has 0 bridgehead atoms. The van der Waals surface area contributed by atoms with Gasteiger partial charge in [0.2, 0.25) is 0 Å². The van der Waals surface area contributed by atoms with Crippen molar-refractivity contribution in [2.75, 3.05) is 9.80 Å². The van der Waals surface area contributed by atoms with Crippen LogP contribution in [-0.4, -0.2) is 0 Å². The summed E-state index contributed by atoms with van der Waals surface area (Å²) < 4.78 is 0. The standard InChI is InChI=1S/C54H38N2/c1-3-15-37(16-4-1)44-20-9-11-25-49(44)56(52-28-14-27-51-54(52)48-22-10-12-26-50(48)55(51)41-18-5-2-6-19-41)42-34-31-39(32-35-42)43-23-13-24-47-46(43)36-33-40-30-29-38-17-7-8-21-45(38)53(40)47/h1-21,23-36,48H,22H2. The summed E-state index contributed by atoms with van der Waals surface area (Å²) in [5.41, 5.74) is 13.4. The smallest absolute Gasteiger partial charge is 0.0540 e. The maximum atomic E-state index is 2.50. The van der Waals surface area contributed by atoms with Crippen molar-refractivity contribution in [1.29, 1.82) is 0 Å². The van der Waals surface area contributed by atoms with Crippen molar-refractivity contribution < 1.29 is 0 Å². The lowest BCUT2D eigenvalue weighted by Gasteiger charge is -2.31. The van der Waals surface area contributed by atoms with Crippen LogP contribution >= 0.6 is 0 Å². The number of hydrogen-bond acceptors (Lipinski definition) is 2. The first-order valence-electron chi connectivity index (χ1n) is 19.5. The van der Waals surface area contributed by atoms with Crippen molar-refractivity contribution in [3.05, 3.63) is 224 Å². The Kier molecular flexibility index (Phi) is 7.67. The third kappa shape index (κ3) is 5.18. The first-order valence-corrected chi connectivity index (χ1v) is 19.5. The lowest BCUT2D eigenvalue weighted by Crippen LogP contribution is -2.15. The largest absolute Gasteiger partial charge is 0.313 e. The third-order valence-electron chi connectivity index (χ3n) is 11.7. The monoisotopic (exact) mass is 714 g/mol. The van der Waals surface area contributed by atoms with Gasteiger partial charge in [0.1, 0.15) is 0 Å². The van der Waals surface area contributed by atoms with Crippen LogP contribution in [0.25, 0.3) is 54.6 Å². The predicted octanol–water partition coefficient (Wildman–Crippen LogP) is 15.0. The average Bonchev–Trinajstić information content (AvgIpc) is 3.62. The van der Waals surface area contributed by atoms with Gasteiger partial charge in [0.25, 0.3) is 0 Å². The molecule has 0 saturated carbocycles. The van der Waals surface area contributed by atoms with E-state index in [9.17, 15) is 0 Å². The van der Waals surface area contributed by atoms with Crippen LogP contribution in [0.3, 0.4) is 0 Å². The van der Waals surface area contributed by atoms with E-state index in [1.165, 1.54) is 82.9 Å². The minimum atomic E-state index is 0.235. The number of anilines is 5. The van der Waals surface area contributed by atoms with Gasteiger partial charge < -0.3 is 9.80 Å². The summed E-state index contributed by atoms with van der Waals surface area (Å²) in [4.78, 5) is 4.96. The quantitative estimate of drug-likeness (QED) is 0.158. The van der Waals surface area contributed by atoms with E-state index in [2.05, 4.69) is 222 Å². The van der Waals surface area contributed by atoms with Crippen molar-refractivity contribution in [3.63, 3.8) is 0 Å². The molecule has 0 aromatic heterocycles. The van der Waals surface area contributed by atoms with E-state index in [0.29, 0.717) is 0 Å². The van der Waals surface area contributed by atoms with E-state index in [1.807, 2.05) is 0 Å². The van der Waals surface area contributed by atoms with Crippen molar-refractivity contribution in [1.82, 2.24) is 0 Å². The van der Waals surface area contributed by atoms with E-state index in [1.54, 1.807) is 0 Å². The topological polar surface area (TPSA) is 6.48 Å². The van der Waals surface area contributed by atoms with E-state index in [-0.39, 0.29) is 5.92 Å². The Morgan fingerprint density at radius 2 is 1.12 bits per heavy atom. The van der Waals surface area contributed by atoms with Gasteiger partial charge in [0.05, 0.1) is 17.1 Å². The molecule has 9 aromatic carbocycles. The minimum absolute atomic E-state index is 0.235. The molecule has 0 N–H and O–H groups in total. The molecule has 9 aromatic rings. The van der Waals surface area contributed by atoms with Crippen LogP contribution in [-0.2, 0) is 0 Å². The maximum Gasteiger partial charge on any atom is 0.0540 e. The first-order chi connectivity index (χ1) is 27.8. The second kappa shape index (κ2) is 13.3. The molecule has 2 heteroatoms. The molecule has 2 aliphatic rings. The van der Waals surface area contributed by atoms with Gasteiger partial charge in [-0.25, -0.2) is 0 Å². The molecular formula is C54H38N2. The van der Waals surface area contributed by atoms with Gasteiger partial charge in [-0.1, -0.05) is 164 Å². The molecule has 0 radical (unpaired) electrons. The van der Waals surface area contributed by atoms with Crippen molar-refractivity contribution in [2.24, 2.45) is 0 Å². The molecule has 56 heavy (non-hydrogen) atoms. The summed E-state index contributed by atoms with van der Waals surface area (Å²) >= 11 is 0. The lowest BCUT2D eigenvalue weighted by molar-refractivity contribution is 0.819. The molecule has 0 saturated heterocycles. The zero-order valence-electron chi connectivity index (χ0n) is 30.9. The average molecular weight is 715 g/mol. The summed E-state index contributed by atoms with van der Waals surface area (Å²) in [6.45, 7) is 0. The number of fused-ring (bicyclic) bond motifs is 8. The Morgan fingerprint density at radius 1 is 0.464 bits per heavy atom. The Labute approximate surface area is 327 Å². The molecule has 0 spiro atoms. The Hall–Kier alpha value is -7.16. The second-order valence-electron chi connectivity index (χ2n) is 14.8. The molecular weight excluding hydrogens is 677 g/mol. The van der Waals surface area contributed by atoms with Crippen molar-refractivity contribution >= 4 is 60.8 Å². The minimum Gasteiger partial charge on any atom is -0.313 e. The lowest BCUT2D eigenvalue weighted by atomic mass is 9.89. The zero-order chi connectivity index (χ0) is 37.0. The molecule has 1 atom stereocenters. The first kappa shape index (κ1) is 32.3. The maximum absolute atomic E-state index is 2.50. The number of benzene rings is 9. The second-order valence-corrected chi connectivity index (χ2v) is 14.8. The molecule has 1 heterocycles. The predicted molar refractivity (Wildman–Crippen MR) is 238 cm³/mol. The van der Waals surface area contributed by atoms with Crippen LogP contribution < -0.4 is 9.80 Å². The normalized spacial score (nSPS) is 14.5. The van der Waals surface area contributed by atoms with Gasteiger partial charge in [0, 0.05) is 34.1 Å². The molecule has 1 aliphatic heterocycles. The summed E-state index contributed by atoms with van der Waals surface area (Å²) in [5.74, 6) is 0.235. The SMILES string of the molecule is C1=CCC2C(=C1)N(c1ccccc1)c1cccc(N(c3ccc(-c4cccc5c4ccc4ccc6ccccc6c45)cc3)c3ccccc3-c3ccccc3)c12. The van der Waals surface area contributed by atoms with Crippen LogP contribution in [0.5, 0.6) is 0 Å². The highest BCUT2D eigenvalue weighted by atomic mass is 15.2. The molecule has 2 nitrogen and oxygen atoms in total. The van der Waals surface area contributed by atoms with E-state index < -0.39 is 0 Å². The zero-order valence-corrected chi connectivity index (χ0v) is 30.9. The van der Waals surface area contributed by atoms with E-state index >= 15 is 0 Å². The number of nitrogens with zero attached hydrogens (tertiary/aromatic N) is 2. The molecule has 1 aliphatic carbocycles. The molecule has 0 amide bonds. The highest BCUT2D eigenvalue weighted by molar-refractivity contribution is 6.22. The third-order valence-corrected chi connectivity index (χ3v) is 11.7. The fraction of sp³-hybridized carbons (Fsp3) is 0.0370. The summed E-state index contributed by atoms with van der Waals surface area (Å²) in [5, 5.41) is 7.70. The highest BCUT2D eigenvalue weighted by Gasteiger charge is 2.38. The number of para-hydroxylation sites is 2. The van der Waals surface area contributed by atoms with Crippen molar-refractivity contribution in [2.45, 2.75) is 12.3 Å². The van der Waals surface area contributed by atoms with Crippen LogP contribution in [0.4, 0.5) is 28.4 Å². The van der Waals surface area contributed by atoms with Gasteiger partial charge in [-0.05, 0) is 104 Å². The van der Waals surface area contributed by atoms with E-state index in [0.717, 1.165) is 17.8 Å². The number of rotatable bonds is 6. The molecule has 11 rings (SSSR count). The van der Waals surface area contributed by atoms with Crippen LogP contribution in [0, 0.1) is 0 Å². The van der Waals surface area contributed by atoms with Gasteiger partial charge in [-0.15, -0.1) is 0 Å². The fourth-order valence-electron chi connectivity index (χ4n) is 9.25. The van der Waals surface area contributed by atoms with Gasteiger partial charge in [0.15, 0.2) is 0 Å². The van der Waals surface area contributed by atoms with Crippen LogP contribution in [0.1, 0.15) is 17.9 Å². The summed E-state index contributed by atoms with van der Waals surface area (Å²) in [6.07, 6.45) is 7.79. The molecule has 1 unspecified atom stereocenters. The fourth-order valence-corrected chi connectivity index (χ4v) is 9.25. The van der Waals surface area contributed by atoms with Gasteiger partial charge in [-0.2, -0.15) is 0 Å². The number of allylic oxidation sites excluding steroid dienone is 4. The van der Waals surface area contributed by atoms with E-state index in [4.69, 9.17) is 0 Å². The van der Waals surface area contributed by atoms with Crippen molar-refractivity contribution in [3.8, 4) is 22.3 Å². The Bertz CT molecular complexity index is 3000. The Morgan fingerprint density at radius 3 is 2.00 bits per heavy atom. The van der Waals surface area contributed by atoms with Crippen LogP contribution in [0.15, 0.2) is 218 Å².